The molecular weight excluding hydrogens is 244 g/mol. The van der Waals surface area contributed by atoms with E-state index in [0.717, 1.165) is 25.1 Å². The minimum atomic E-state index is -0.126. The van der Waals surface area contributed by atoms with Crippen LogP contribution in [-0.4, -0.2) is 43.1 Å². The highest BCUT2D eigenvalue weighted by Gasteiger charge is 2.23. The molecule has 3 rings (SSSR count). The number of hydrogen-bond donors (Lipinski definition) is 2. The van der Waals surface area contributed by atoms with Gasteiger partial charge >= 0.3 is 0 Å². The average Bonchev–Trinajstić information content (AvgIpc) is 2.81. The highest BCUT2D eigenvalue weighted by atomic mass is 16.1. The Morgan fingerprint density at radius 2 is 2.42 bits per heavy atom. The summed E-state index contributed by atoms with van der Waals surface area (Å²) in [5.74, 6) is 0.420. The highest BCUT2D eigenvalue weighted by molar-refractivity contribution is 5.26. The van der Waals surface area contributed by atoms with Crippen molar-refractivity contribution in [2.75, 3.05) is 6.54 Å². The molecule has 102 valence electrons. The van der Waals surface area contributed by atoms with Gasteiger partial charge in [0.2, 0.25) is 0 Å². The van der Waals surface area contributed by atoms with E-state index in [1.165, 1.54) is 10.8 Å². The van der Waals surface area contributed by atoms with Gasteiger partial charge in [-0.25, -0.2) is 9.97 Å². The van der Waals surface area contributed by atoms with E-state index in [-0.39, 0.29) is 5.56 Å². The summed E-state index contributed by atoms with van der Waals surface area (Å²) in [5, 5.41) is 2.73. The molecule has 0 aromatic carbocycles. The minimum Gasteiger partial charge on any atom is -0.328 e. The number of nitrogens with two attached hydrogens (primary N) is 1. The van der Waals surface area contributed by atoms with E-state index in [2.05, 4.69) is 26.9 Å². The maximum atomic E-state index is 11.8. The molecule has 1 aliphatic rings. The van der Waals surface area contributed by atoms with Gasteiger partial charge in [0.05, 0.1) is 5.69 Å². The van der Waals surface area contributed by atoms with Crippen LogP contribution in [0.5, 0.6) is 0 Å². The molecule has 0 saturated carbocycles. The normalized spacial score (nSPS) is 24.9. The molecule has 0 amide bonds. The molecule has 1 aliphatic heterocycles. The van der Waals surface area contributed by atoms with Crippen molar-refractivity contribution in [3.8, 4) is 0 Å². The molecule has 0 spiro atoms. The first-order valence-corrected chi connectivity index (χ1v) is 6.55. The molecule has 7 nitrogen and oxygen atoms in total. The largest absolute Gasteiger partial charge is 0.328 e. The Kier molecular flexibility index (Phi) is 3.08. The monoisotopic (exact) mass is 262 g/mol. The molecule has 2 aromatic rings. The van der Waals surface area contributed by atoms with Crippen molar-refractivity contribution in [3.05, 3.63) is 28.4 Å². The van der Waals surface area contributed by atoms with Gasteiger partial charge in [0.25, 0.3) is 11.3 Å². The second-order valence-electron chi connectivity index (χ2n) is 5.21. The van der Waals surface area contributed by atoms with Gasteiger partial charge in [0.1, 0.15) is 6.33 Å². The van der Waals surface area contributed by atoms with E-state index in [4.69, 9.17) is 5.73 Å². The van der Waals surface area contributed by atoms with Gasteiger partial charge in [-0.15, -0.1) is 0 Å². The highest BCUT2D eigenvalue weighted by Crippen LogP contribution is 2.17. The average molecular weight is 262 g/mol. The lowest BCUT2D eigenvalue weighted by molar-refractivity contribution is 0.138. The summed E-state index contributed by atoms with van der Waals surface area (Å²) in [4.78, 5) is 22.6. The standard InChI is InChI=1S/C12H18N6O/c1-8-4-9(13)2-3-17(8)6-10-5-11(19)18-12(16-10)14-7-15-18/h5,7-9H,2-4,6,13H2,1H3,(H,14,15,16). The van der Waals surface area contributed by atoms with Crippen molar-refractivity contribution in [1.82, 2.24) is 24.5 Å². The number of H-pyrrole nitrogens is 1. The summed E-state index contributed by atoms with van der Waals surface area (Å²) in [5.41, 5.74) is 6.59. The van der Waals surface area contributed by atoms with Crippen LogP contribution in [0.1, 0.15) is 25.5 Å². The maximum absolute atomic E-state index is 11.8. The van der Waals surface area contributed by atoms with Crippen LogP contribution < -0.4 is 11.3 Å². The van der Waals surface area contributed by atoms with E-state index < -0.39 is 0 Å². The molecule has 19 heavy (non-hydrogen) atoms. The second kappa shape index (κ2) is 4.75. The predicted octanol–water partition coefficient (Wildman–Crippen LogP) is -0.271. The number of likely N-dealkylation sites (tertiary alicyclic amines) is 1. The SMILES string of the molecule is CC1CC(N)CCN1Cc1cc(=O)n2[nH]cnc2n1. The van der Waals surface area contributed by atoms with Crippen molar-refractivity contribution in [2.24, 2.45) is 5.73 Å². The number of piperidine rings is 1. The third-order valence-corrected chi connectivity index (χ3v) is 3.74. The summed E-state index contributed by atoms with van der Waals surface area (Å²) in [6, 6.07) is 2.27. The first-order chi connectivity index (χ1) is 9.13. The van der Waals surface area contributed by atoms with E-state index in [1.54, 1.807) is 6.07 Å². The molecule has 0 aliphatic carbocycles. The molecule has 3 N–H and O–H groups in total. The summed E-state index contributed by atoms with van der Waals surface area (Å²) >= 11 is 0. The Morgan fingerprint density at radius 1 is 1.58 bits per heavy atom. The van der Waals surface area contributed by atoms with Gasteiger partial charge in [0, 0.05) is 31.2 Å². The van der Waals surface area contributed by atoms with Gasteiger partial charge in [-0.2, -0.15) is 4.52 Å². The first kappa shape index (κ1) is 12.3. The molecular formula is C12H18N6O. The Balaban J connectivity index is 1.83. The number of nitrogens with one attached hydrogen (secondary N) is 1. The molecule has 0 bridgehead atoms. The second-order valence-corrected chi connectivity index (χ2v) is 5.21. The number of fused-ring (bicyclic) bond motifs is 1. The summed E-state index contributed by atoms with van der Waals surface area (Å²) in [6.07, 6.45) is 3.45. The van der Waals surface area contributed by atoms with Gasteiger partial charge in [-0.1, -0.05) is 0 Å². The van der Waals surface area contributed by atoms with E-state index in [0.29, 0.717) is 24.4 Å². The van der Waals surface area contributed by atoms with Crippen molar-refractivity contribution >= 4 is 5.78 Å². The third-order valence-electron chi connectivity index (χ3n) is 3.74. The van der Waals surface area contributed by atoms with E-state index in [1.807, 2.05) is 0 Å². The van der Waals surface area contributed by atoms with Crippen LogP contribution in [0.3, 0.4) is 0 Å². The zero-order chi connectivity index (χ0) is 13.4. The van der Waals surface area contributed by atoms with Gasteiger partial charge < -0.3 is 5.73 Å². The molecule has 3 heterocycles. The van der Waals surface area contributed by atoms with Crippen LogP contribution in [0.2, 0.25) is 0 Å². The van der Waals surface area contributed by atoms with Crippen molar-refractivity contribution in [2.45, 2.75) is 38.4 Å². The number of hydrogen-bond acceptors (Lipinski definition) is 5. The van der Waals surface area contributed by atoms with E-state index >= 15 is 0 Å². The fraction of sp³-hybridized carbons (Fsp3) is 0.583. The lowest BCUT2D eigenvalue weighted by Crippen LogP contribution is -2.45. The smallest absolute Gasteiger partial charge is 0.274 e. The van der Waals surface area contributed by atoms with Crippen LogP contribution in [0.15, 0.2) is 17.2 Å². The van der Waals surface area contributed by atoms with Crippen LogP contribution in [0.4, 0.5) is 0 Å². The first-order valence-electron chi connectivity index (χ1n) is 6.55. The number of nitrogens with zero attached hydrogens (tertiary/aromatic N) is 4. The fourth-order valence-electron chi connectivity index (χ4n) is 2.65. The van der Waals surface area contributed by atoms with Gasteiger partial charge in [0.15, 0.2) is 0 Å². The molecule has 1 saturated heterocycles. The Bertz CT molecular complexity index is 632. The zero-order valence-electron chi connectivity index (χ0n) is 10.9. The lowest BCUT2D eigenvalue weighted by Gasteiger charge is -2.35. The topological polar surface area (TPSA) is 92.3 Å². The number of rotatable bonds is 2. The van der Waals surface area contributed by atoms with Crippen molar-refractivity contribution in [3.63, 3.8) is 0 Å². The molecule has 0 radical (unpaired) electrons. The predicted molar refractivity (Wildman–Crippen MR) is 70.7 cm³/mol. The molecule has 7 heteroatoms. The molecule has 1 fully saturated rings. The fourth-order valence-corrected chi connectivity index (χ4v) is 2.65. The van der Waals surface area contributed by atoms with E-state index in [9.17, 15) is 4.79 Å². The van der Waals surface area contributed by atoms with Crippen molar-refractivity contribution < 1.29 is 0 Å². The maximum Gasteiger partial charge on any atom is 0.274 e. The Hall–Kier alpha value is -1.73. The zero-order valence-corrected chi connectivity index (χ0v) is 10.9. The lowest BCUT2D eigenvalue weighted by atomic mass is 9.99. The quantitative estimate of drug-likeness (QED) is 0.777. The minimum absolute atomic E-state index is 0.126. The molecule has 2 atom stereocenters. The Morgan fingerprint density at radius 3 is 3.21 bits per heavy atom. The van der Waals surface area contributed by atoms with Crippen LogP contribution in [0.25, 0.3) is 5.78 Å². The van der Waals surface area contributed by atoms with Gasteiger partial charge in [-0.05, 0) is 19.8 Å². The molecule has 2 aromatic heterocycles. The van der Waals surface area contributed by atoms with Gasteiger partial charge in [-0.3, -0.25) is 14.8 Å². The summed E-state index contributed by atoms with van der Waals surface area (Å²) in [6.45, 7) is 3.79. The third kappa shape index (κ3) is 2.39. The molecule has 2 unspecified atom stereocenters. The summed E-state index contributed by atoms with van der Waals surface area (Å²) < 4.78 is 1.33. The van der Waals surface area contributed by atoms with Crippen LogP contribution >= 0.6 is 0 Å². The van der Waals surface area contributed by atoms with Crippen molar-refractivity contribution in [1.29, 1.82) is 0 Å². The van der Waals surface area contributed by atoms with Crippen LogP contribution in [0, 0.1) is 0 Å². The number of aromatic nitrogens is 4. The van der Waals surface area contributed by atoms with Crippen LogP contribution in [-0.2, 0) is 6.54 Å². The Labute approximate surface area is 110 Å². The summed E-state index contributed by atoms with van der Waals surface area (Å²) in [7, 11) is 0. The number of aromatic amines is 1.